The normalized spacial score (nSPS) is 13.0. The van der Waals surface area contributed by atoms with Crippen molar-refractivity contribution in [1.29, 1.82) is 0 Å². The van der Waals surface area contributed by atoms with Crippen molar-refractivity contribution in [2.45, 2.75) is 36.5 Å². The number of rotatable bonds is 7. The number of aryl methyl sites for hydroxylation is 1. The predicted octanol–water partition coefficient (Wildman–Crippen LogP) is 5.96. The molecule has 0 aromatic heterocycles. The van der Waals surface area contributed by atoms with Crippen molar-refractivity contribution in [3.05, 3.63) is 102 Å². The van der Waals surface area contributed by atoms with E-state index in [0.717, 1.165) is 22.4 Å². The zero-order chi connectivity index (χ0) is 19.1. The van der Waals surface area contributed by atoms with Crippen LogP contribution < -0.4 is 5.32 Å². The first-order valence-corrected chi connectivity index (χ1v) is 10.2. The van der Waals surface area contributed by atoms with Crippen LogP contribution >= 0.6 is 11.8 Å². The molecular weight excluding hydrogens is 350 g/mol. The zero-order valence-corrected chi connectivity index (χ0v) is 16.6. The Morgan fingerprint density at radius 3 is 2.04 bits per heavy atom. The van der Waals surface area contributed by atoms with Crippen LogP contribution in [-0.2, 0) is 11.2 Å². The molecule has 0 bridgehead atoms. The van der Waals surface area contributed by atoms with E-state index in [-0.39, 0.29) is 17.2 Å². The fraction of sp³-hybridized carbons (Fsp3) is 0.208. The molecule has 3 rings (SSSR count). The van der Waals surface area contributed by atoms with Gasteiger partial charge in [-0.2, -0.15) is 0 Å². The van der Waals surface area contributed by atoms with E-state index in [1.165, 1.54) is 5.56 Å². The number of hydrogen-bond donors (Lipinski definition) is 1. The number of thioether (sulfide) groups is 1. The molecule has 0 radical (unpaired) electrons. The molecule has 0 unspecified atom stereocenters. The van der Waals surface area contributed by atoms with Gasteiger partial charge in [-0.15, -0.1) is 11.8 Å². The largest absolute Gasteiger partial charge is 0.348 e. The maximum Gasteiger partial charge on any atom is 0.238 e. The van der Waals surface area contributed by atoms with Crippen molar-refractivity contribution in [1.82, 2.24) is 5.32 Å². The second kappa shape index (κ2) is 9.43. The van der Waals surface area contributed by atoms with Gasteiger partial charge in [0.05, 0.1) is 6.04 Å². The summed E-state index contributed by atoms with van der Waals surface area (Å²) in [5, 5.41) is 2.91. The molecule has 0 aliphatic rings. The summed E-state index contributed by atoms with van der Waals surface area (Å²) < 4.78 is 0. The lowest BCUT2D eigenvalue weighted by atomic mass is 10.0. The van der Waals surface area contributed by atoms with Gasteiger partial charge in [-0.3, -0.25) is 4.79 Å². The lowest BCUT2D eigenvalue weighted by molar-refractivity contribution is -0.121. The summed E-state index contributed by atoms with van der Waals surface area (Å²) in [7, 11) is 0. The van der Waals surface area contributed by atoms with Crippen molar-refractivity contribution >= 4 is 17.7 Å². The van der Waals surface area contributed by atoms with Crippen molar-refractivity contribution in [2.75, 3.05) is 0 Å². The van der Waals surface area contributed by atoms with Gasteiger partial charge in [0, 0.05) is 4.90 Å². The summed E-state index contributed by atoms with van der Waals surface area (Å²) >= 11 is 1.58. The molecule has 3 aromatic rings. The molecule has 0 spiro atoms. The molecule has 27 heavy (non-hydrogen) atoms. The van der Waals surface area contributed by atoms with E-state index < -0.39 is 0 Å². The van der Waals surface area contributed by atoms with Crippen LogP contribution in [-0.4, -0.2) is 5.91 Å². The maximum absolute atomic E-state index is 13.1. The van der Waals surface area contributed by atoms with E-state index in [9.17, 15) is 4.79 Å². The highest BCUT2D eigenvalue weighted by Gasteiger charge is 2.23. The minimum absolute atomic E-state index is 0.0297. The first-order valence-electron chi connectivity index (χ1n) is 9.33. The number of amides is 1. The van der Waals surface area contributed by atoms with E-state index in [4.69, 9.17) is 0 Å². The van der Waals surface area contributed by atoms with Crippen LogP contribution in [0.2, 0.25) is 0 Å². The molecule has 2 atom stereocenters. The summed E-state index contributed by atoms with van der Waals surface area (Å²) in [6, 6.07) is 28.5. The summed E-state index contributed by atoms with van der Waals surface area (Å²) in [5.74, 6) is 0.0297. The van der Waals surface area contributed by atoms with E-state index in [0.29, 0.717) is 0 Å². The van der Waals surface area contributed by atoms with Crippen LogP contribution in [0.1, 0.15) is 41.8 Å². The Labute approximate surface area is 166 Å². The molecule has 0 saturated carbocycles. The van der Waals surface area contributed by atoms with Crippen LogP contribution in [0.4, 0.5) is 0 Å². The average molecular weight is 376 g/mol. The summed E-state index contributed by atoms with van der Waals surface area (Å²) in [4.78, 5) is 14.2. The maximum atomic E-state index is 13.1. The molecule has 0 heterocycles. The quantitative estimate of drug-likeness (QED) is 0.516. The van der Waals surface area contributed by atoms with Crippen molar-refractivity contribution in [3.8, 4) is 0 Å². The Hall–Kier alpha value is -2.52. The number of carbonyl (C=O) groups excluding carboxylic acids is 1. The van der Waals surface area contributed by atoms with Gasteiger partial charge in [-0.25, -0.2) is 0 Å². The van der Waals surface area contributed by atoms with Gasteiger partial charge in [0.25, 0.3) is 0 Å². The van der Waals surface area contributed by atoms with Gasteiger partial charge in [0.15, 0.2) is 0 Å². The first-order chi connectivity index (χ1) is 13.2. The molecule has 3 aromatic carbocycles. The smallest absolute Gasteiger partial charge is 0.238 e. The fourth-order valence-electron chi connectivity index (χ4n) is 2.95. The Bertz CT molecular complexity index is 847. The molecule has 0 aliphatic heterocycles. The van der Waals surface area contributed by atoms with Gasteiger partial charge < -0.3 is 5.32 Å². The van der Waals surface area contributed by atoms with Crippen LogP contribution in [0.15, 0.2) is 89.8 Å². The minimum atomic E-state index is -0.286. The monoisotopic (exact) mass is 375 g/mol. The molecule has 2 nitrogen and oxygen atoms in total. The third-order valence-electron chi connectivity index (χ3n) is 4.58. The Balaban J connectivity index is 1.77. The van der Waals surface area contributed by atoms with Gasteiger partial charge in [-0.05, 0) is 42.2 Å². The van der Waals surface area contributed by atoms with E-state index in [1.54, 1.807) is 11.8 Å². The molecule has 3 heteroatoms. The highest BCUT2D eigenvalue weighted by Crippen LogP contribution is 2.35. The second-order valence-corrected chi connectivity index (χ2v) is 7.73. The molecule has 0 fully saturated rings. The van der Waals surface area contributed by atoms with Crippen LogP contribution in [0.5, 0.6) is 0 Å². The Morgan fingerprint density at radius 1 is 0.852 bits per heavy atom. The van der Waals surface area contributed by atoms with Crippen molar-refractivity contribution < 1.29 is 4.79 Å². The van der Waals surface area contributed by atoms with Gasteiger partial charge >= 0.3 is 0 Å². The molecule has 0 saturated heterocycles. The molecule has 1 N–H and O–H groups in total. The fourth-order valence-corrected chi connectivity index (χ4v) is 4.01. The molecular formula is C24H25NOS. The van der Waals surface area contributed by atoms with E-state index in [1.807, 2.05) is 67.6 Å². The van der Waals surface area contributed by atoms with Crippen LogP contribution in [0.3, 0.4) is 0 Å². The Kier molecular flexibility index (Phi) is 6.72. The topological polar surface area (TPSA) is 29.1 Å². The third kappa shape index (κ3) is 5.24. The number of nitrogens with one attached hydrogen (secondary N) is 1. The second-order valence-electron chi connectivity index (χ2n) is 6.55. The Morgan fingerprint density at radius 2 is 1.44 bits per heavy atom. The summed E-state index contributed by atoms with van der Waals surface area (Å²) in [6.45, 7) is 4.18. The number of hydrogen-bond acceptors (Lipinski definition) is 2. The number of benzene rings is 3. The third-order valence-corrected chi connectivity index (χ3v) is 5.85. The van der Waals surface area contributed by atoms with Crippen LogP contribution in [0, 0.1) is 0 Å². The van der Waals surface area contributed by atoms with Gasteiger partial charge in [0.2, 0.25) is 5.91 Å². The zero-order valence-electron chi connectivity index (χ0n) is 15.8. The first kappa shape index (κ1) is 19.2. The van der Waals surface area contributed by atoms with Crippen molar-refractivity contribution in [2.24, 2.45) is 0 Å². The van der Waals surface area contributed by atoms with Gasteiger partial charge in [0.1, 0.15) is 5.25 Å². The number of carbonyl (C=O) groups is 1. The van der Waals surface area contributed by atoms with Crippen molar-refractivity contribution in [3.63, 3.8) is 0 Å². The highest BCUT2D eigenvalue weighted by atomic mass is 32.2. The molecule has 138 valence electrons. The molecule has 0 aliphatic carbocycles. The van der Waals surface area contributed by atoms with E-state index >= 15 is 0 Å². The summed E-state index contributed by atoms with van der Waals surface area (Å²) in [6.07, 6.45) is 1.02. The lowest BCUT2D eigenvalue weighted by Crippen LogP contribution is -2.30. The average Bonchev–Trinajstić information content (AvgIpc) is 2.73. The SMILES string of the molecule is CCc1ccc([C@@H](C)NC(=O)[C@@H](Sc2ccccc2)c2ccccc2)cc1. The lowest BCUT2D eigenvalue weighted by Gasteiger charge is -2.21. The standard InChI is InChI=1S/C24H25NOS/c1-3-19-14-16-20(17-15-19)18(2)25-24(26)23(21-10-6-4-7-11-21)27-22-12-8-5-9-13-22/h4-18,23H,3H2,1-2H3,(H,25,26)/t18-,23+/m1/s1. The van der Waals surface area contributed by atoms with E-state index in [2.05, 4.69) is 36.5 Å². The molecule has 1 amide bonds. The van der Waals surface area contributed by atoms with Gasteiger partial charge in [-0.1, -0.05) is 79.7 Å². The highest BCUT2D eigenvalue weighted by molar-refractivity contribution is 8.00. The summed E-state index contributed by atoms with van der Waals surface area (Å²) in [5.41, 5.74) is 3.44. The predicted molar refractivity (Wildman–Crippen MR) is 114 cm³/mol. The van der Waals surface area contributed by atoms with Crippen LogP contribution in [0.25, 0.3) is 0 Å². The minimum Gasteiger partial charge on any atom is -0.348 e.